The van der Waals surface area contributed by atoms with Crippen molar-refractivity contribution in [3.63, 3.8) is 0 Å². The fraction of sp³-hybridized carbons (Fsp3) is 0.533. The van der Waals surface area contributed by atoms with Crippen molar-refractivity contribution in [1.29, 1.82) is 0 Å². The molecule has 0 spiro atoms. The molecular weight excluding hydrogens is 274 g/mol. The molecule has 2 atom stereocenters. The number of rotatable bonds is 6. The van der Waals surface area contributed by atoms with Crippen molar-refractivity contribution >= 4 is 17.9 Å². The number of benzene rings is 1. The predicted octanol–water partition coefficient (Wildman–Crippen LogP) is 2.56. The Morgan fingerprint density at radius 2 is 2.25 bits per heavy atom. The van der Waals surface area contributed by atoms with Crippen LogP contribution in [0, 0.1) is 0 Å². The molecule has 0 bridgehead atoms. The van der Waals surface area contributed by atoms with E-state index in [1.165, 1.54) is 0 Å². The highest BCUT2D eigenvalue weighted by Gasteiger charge is 2.45. The number of hydrogen-bond acceptors (Lipinski definition) is 4. The van der Waals surface area contributed by atoms with Gasteiger partial charge in [-0.15, -0.1) is 0 Å². The summed E-state index contributed by atoms with van der Waals surface area (Å²) in [6.07, 6.45) is 1.27. The van der Waals surface area contributed by atoms with Gasteiger partial charge >= 0.3 is 6.09 Å². The first-order chi connectivity index (χ1) is 9.64. The summed E-state index contributed by atoms with van der Waals surface area (Å²) in [5.74, 6) is 0.978. The van der Waals surface area contributed by atoms with Crippen LogP contribution in [0.3, 0.4) is 0 Å². The summed E-state index contributed by atoms with van der Waals surface area (Å²) in [6, 6.07) is 9.53. The molecule has 1 aromatic rings. The van der Waals surface area contributed by atoms with Crippen LogP contribution in [0.2, 0.25) is 0 Å². The zero-order chi connectivity index (χ0) is 14.4. The first kappa shape index (κ1) is 15.2. The van der Waals surface area contributed by atoms with E-state index in [-0.39, 0.29) is 18.4 Å². The van der Waals surface area contributed by atoms with E-state index in [0.29, 0.717) is 0 Å². The minimum absolute atomic E-state index is 0.224. The van der Waals surface area contributed by atoms with Crippen LogP contribution in [0.1, 0.15) is 25.3 Å². The van der Waals surface area contributed by atoms with Crippen molar-refractivity contribution in [3.8, 4) is 0 Å². The average Bonchev–Trinajstić information content (AvgIpc) is 2.48. The van der Waals surface area contributed by atoms with Crippen LogP contribution in [0.25, 0.3) is 0 Å². The number of amides is 1. The highest BCUT2D eigenvalue weighted by atomic mass is 32.2. The van der Waals surface area contributed by atoms with Gasteiger partial charge in [0.15, 0.2) is 0 Å². The van der Waals surface area contributed by atoms with Gasteiger partial charge in [0.05, 0.1) is 12.1 Å². The van der Waals surface area contributed by atoms with Crippen LogP contribution in [0.4, 0.5) is 4.79 Å². The van der Waals surface area contributed by atoms with E-state index < -0.39 is 11.7 Å². The van der Waals surface area contributed by atoms with Crippen molar-refractivity contribution in [2.24, 2.45) is 0 Å². The first-order valence-electron chi connectivity index (χ1n) is 6.92. The van der Waals surface area contributed by atoms with Crippen LogP contribution in [0.5, 0.6) is 0 Å². The monoisotopic (exact) mass is 295 g/mol. The smallest absolute Gasteiger partial charge is 0.407 e. The molecule has 1 amide bonds. The molecule has 0 saturated heterocycles. The highest BCUT2D eigenvalue weighted by Crippen LogP contribution is 2.40. The minimum Gasteiger partial charge on any atom is -0.445 e. The van der Waals surface area contributed by atoms with Gasteiger partial charge in [-0.25, -0.2) is 4.79 Å². The molecule has 2 rings (SSSR count). The van der Waals surface area contributed by atoms with E-state index in [1.54, 1.807) is 11.8 Å². The number of thioether (sulfide) groups is 1. The van der Waals surface area contributed by atoms with Gasteiger partial charge in [0.2, 0.25) is 0 Å². The van der Waals surface area contributed by atoms with Crippen LogP contribution in [-0.4, -0.2) is 34.3 Å². The second-order valence-electron chi connectivity index (χ2n) is 5.00. The van der Waals surface area contributed by atoms with Gasteiger partial charge in [0.25, 0.3) is 0 Å². The molecule has 1 aliphatic carbocycles. The lowest BCUT2D eigenvalue weighted by Crippen LogP contribution is -2.57. The van der Waals surface area contributed by atoms with Crippen LogP contribution in [0.15, 0.2) is 30.3 Å². The number of carbonyl (C=O) groups is 1. The van der Waals surface area contributed by atoms with Gasteiger partial charge in [0, 0.05) is 5.25 Å². The topological polar surface area (TPSA) is 58.6 Å². The average molecular weight is 295 g/mol. The maximum absolute atomic E-state index is 11.6. The summed E-state index contributed by atoms with van der Waals surface area (Å²) in [7, 11) is 0. The molecule has 20 heavy (non-hydrogen) atoms. The minimum atomic E-state index is -0.771. The van der Waals surface area contributed by atoms with Gasteiger partial charge < -0.3 is 15.2 Å². The summed E-state index contributed by atoms with van der Waals surface area (Å²) in [5.41, 5.74) is 0.177. The molecule has 1 aromatic carbocycles. The molecule has 2 N–H and O–H groups in total. The molecule has 2 unspecified atom stereocenters. The van der Waals surface area contributed by atoms with Crippen molar-refractivity contribution in [2.45, 2.75) is 37.2 Å². The summed E-state index contributed by atoms with van der Waals surface area (Å²) < 4.78 is 5.12. The summed E-state index contributed by atoms with van der Waals surface area (Å²) in [5, 5.41) is 13.2. The Balaban J connectivity index is 1.70. The van der Waals surface area contributed by atoms with Crippen LogP contribution >= 0.6 is 11.8 Å². The molecular formula is C15H21NO3S. The number of nitrogens with one attached hydrogen (secondary N) is 1. The fourth-order valence-electron chi connectivity index (χ4n) is 2.24. The van der Waals surface area contributed by atoms with E-state index in [1.807, 2.05) is 30.3 Å². The van der Waals surface area contributed by atoms with Crippen LogP contribution in [-0.2, 0) is 11.3 Å². The predicted molar refractivity (Wildman–Crippen MR) is 80.7 cm³/mol. The van der Waals surface area contributed by atoms with E-state index in [2.05, 4.69) is 12.2 Å². The Morgan fingerprint density at radius 3 is 2.85 bits per heavy atom. The summed E-state index contributed by atoms with van der Waals surface area (Å²) in [4.78, 5) is 11.6. The van der Waals surface area contributed by atoms with E-state index in [9.17, 15) is 9.90 Å². The van der Waals surface area contributed by atoms with Gasteiger partial charge in [-0.2, -0.15) is 11.8 Å². The SMILES string of the molecule is CCSC1CCC1(O)CNC(=O)OCc1ccccc1. The third kappa shape index (κ3) is 3.90. The zero-order valence-corrected chi connectivity index (χ0v) is 12.5. The first-order valence-corrected chi connectivity index (χ1v) is 7.97. The molecule has 4 nitrogen and oxygen atoms in total. The number of ether oxygens (including phenoxy) is 1. The lowest BCUT2D eigenvalue weighted by molar-refractivity contribution is -0.0232. The highest BCUT2D eigenvalue weighted by molar-refractivity contribution is 8.00. The van der Waals surface area contributed by atoms with Crippen molar-refractivity contribution in [3.05, 3.63) is 35.9 Å². The maximum atomic E-state index is 11.6. The number of carbonyl (C=O) groups excluding carboxylic acids is 1. The standard InChI is InChI=1S/C15H21NO3S/c1-2-20-13-8-9-15(13,18)11-16-14(17)19-10-12-6-4-3-5-7-12/h3-7,13,18H,2,8-11H2,1H3,(H,16,17). The number of hydrogen-bond donors (Lipinski definition) is 2. The van der Waals surface area contributed by atoms with Crippen molar-refractivity contribution < 1.29 is 14.6 Å². The second kappa shape index (κ2) is 6.99. The lowest BCUT2D eigenvalue weighted by atomic mass is 9.79. The van der Waals surface area contributed by atoms with Crippen molar-refractivity contribution in [1.82, 2.24) is 5.32 Å². The number of aliphatic hydroxyl groups is 1. The summed E-state index contributed by atoms with van der Waals surface area (Å²) >= 11 is 1.74. The largest absolute Gasteiger partial charge is 0.445 e. The van der Waals surface area contributed by atoms with Gasteiger partial charge in [-0.05, 0) is 24.2 Å². The Hall–Kier alpha value is -1.20. The van der Waals surface area contributed by atoms with Gasteiger partial charge in [0.1, 0.15) is 6.61 Å². The summed E-state index contributed by atoms with van der Waals surface area (Å²) in [6.45, 7) is 2.58. The normalized spacial score (nSPS) is 24.8. The second-order valence-corrected chi connectivity index (χ2v) is 6.48. The molecule has 0 aromatic heterocycles. The Bertz CT molecular complexity index is 440. The molecule has 0 heterocycles. The van der Waals surface area contributed by atoms with E-state index in [4.69, 9.17) is 4.74 Å². The molecule has 0 radical (unpaired) electrons. The molecule has 0 aliphatic heterocycles. The Morgan fingerprint density at radius 1 is 1.50 bits per heavy atom. The zero-order valence-electron chi connectivity index (χ0n) is 11.7. The van der Waals surface area contributed by atoms with Gasteiger partial charge in [-0.3, -0.25) is 0 Å². The quantitative estimate of drug-likeness (QED) is 0.847. The molecule has 1 saturated carbocycles. The fourth-order valence-corrected chi connectivity index (χ4v) is 3.43. The molecule has 1 fully saturated rings. The maximum Gasteiger partial charge on any atom is 0.407 e. The van der Waals surface area contributed by atoms with E-state index in [0.717, 1.165) is 24.2 Å². The third-order valence-corrected chi connectivity index (χ3v) is 4.97. The Kier molecular flexibility index (Phi) is 5.31. The van der Waals surface area contributed by atoms with Crippen LogP contribution < -0.4 is 5.32 Å². The van der Waals surface area contributed by atoms with Crippen molar-refractivity contribution in [2.75, 3.05) is 12.3 Å². The number of alkyl carbamates (subject to hydrolysis) is 1. The lowest BCUT2D eigenvalue weighted by Gasteiger charge is -2.44. The Labute approximate surface area is 123 Å². The molecule has 1 aliphatic rings. The van der Waals surface area contributed by atoms with E-state index >= 15 is 0 Å². The van der Waals surface area contributed by atoms with Gasteiger partial charge in [-0.1, -0.05) is 37.3 Å². The molecule has 5 heteroatoms. The molecule has 110 valence electrons. The third-order valence-electron chi connectivity index (χ3n) is 3.56.